The lowest BCUT2D eigenvalue weighted by Crippen LogP contribution is -2.67. The highest BCUT2D eigenvalue weighted by atomic mass is 32.2. The van der Waals surface area contributed by atoms with E-state index in [0.29, 0.717) is 13.1 Å². The maximum atomic E-state index is 13.4. The van der Waals surface area contributed by atoms with Crippen LogP contribution in [-0.2, 0) is 16.0 Å². The molecule has 3 aliphatic rings. The molecular formula is C17H23F3N4O3S. The van der Waals surface area contributed by atoms with Gasteiger partial charge >= 0.3 is 6.18 Å². The molecule has 0 radical (unpaired) electrons. The number of β-amino-alcohol motifs (C(OH)–C–C–N with tert-alkyl or cyclic N) is 1. The Labute approximate surface area is 161 Å². The average Bonchev–Trinajstić information content (AvgIpc) is 3.00. The van der Waals surface area contributed by atoms with E-state index >= 15 is 0 Å². The first-order valence-electron chi connectivity index (χ1n) is 9.14. The molecule has 2 aliphatic heterocycles. The van der Waals surface area contributed by atoms with Crippen molar-refractivity contribution in [3.05, 3.63) is 11.8 Å². The third-order valence-electron chi connectivity index (χ3n) is 6.30. The van der Waals surface area contributed by atoms with Crippen LogP contribution in [0.3, 0.4) is 0 Å². The van der Waals surface area contributed by atoms with E-state index in [4.69, 9.17) is 0 Å². The van der Waals surface area contributed by atoms with Crippen LogP contribution in [-0.4, -0.2) is 66.8 Å². The quantitative estimate of drug-likeness (QED) is 0.783. The van der Waals surface area contributed by atoms with Gasteiger partial charge in [0.25, 0.3) is 0 Å². The molecule has 7 nitrogen and oxygen atoms in total. The summed E-state index contributed by atoms with van der Waals surface area (Å²) in [6.07, 6.45) is -3.40. The van der Waals surface area contributed by atoms with Gasteiger partial charge in [0.15, 0.2) is 5.69 Å². The summed E-state index contributed by atoms with van der Waals surface area (Å²) >= 11 is 0. The summed E-state index contributed by atoms with van der Waals surface area (Å²) < 4.78 is 63.0. The first-order valence-corrected chi connectivity index (χ1v) is 11.2. The molecule has 2 saturated heterocycles. The molecule has 0 aromatic carbocycles. The van der Waals surface area contributed by atoms with Crippen LogP contribution in [0.25, 0.3) is 0 Å². The highest BCUT2D eigenvalue weighted by Crippen LogP contribution is 2.53. The minimum Gasteiger partial charge on any atom is -0.386 e. The first kappa shape index (κ1) is 19.7. The lowest BCUT2D eigenvalue weighted by Gasteiger charge is -2.51. The number of alkyl halides is 3. The molecule has 156 valence electrons. The van der Waals surface area contributed by atoms with Crippen molar-refractivity contribution in [1.82, 2.24) is 9.97 Å². The highest BCUT2D eigenvalue weighted by Gasteiger charge is 2.57. The van der Waals surface area contributed by atoms with E-state index in [1.165, 1.54) is 6.26 Å². The Morgan fingerprint density at radius 2 is 1.89 bits per heavy atom. The molecule has 3 fully saturated rings. The van der Waals surface area contributed by atoms with Crippen LogP contribution in [0.4, 0.5) is 24.9 Å². The van der Waals surface area contributed by atoms with E-state index in [1.807, 2.05) is 0 Å². The van der Waals surface area contributed by atoms with Gasteiger partial charge in [-0.2, -0.15) is 18.2 Å². The van der Waals surface area contributed by atoms with Crippen molar-refractivity contribution < 1.29 is 26.7 Å². The first-order chi connectivity index (χ1) is 12.8. The fraction of sp³-hybridized carbons (Fsp3) is 0.765. The van der Waals surface area contributed by atoms with Crippen LogP contribution >= 0.6 is 0 Å². The van der Waals surface area contributed by atoms with E-state index in [-0.39, 0.29) is 41.8 Å². The molecule has 1 aromatic heterocycles. The summed E-state index contributed by atoms with van der Waals surface area (Å²) in [5, 5.41) is 10.1. The van der Waals surface area contributed by atoms with Crippen molar-refractivity contribution in [3.8, 4) is 0 Å². The molecule has 4 rings (SSSR count). The number of fused-ring (bicyclic) bond motifs is 1. The summed E-state index contributed by atoms with van der Waals surface area (Å²) in [5.41, 5.74) is -2.01. The van der Waals surface area contributed by atoms with Crippen LogP contribution < -0.4 is 9.80 Å². The number of sulfone groups is 1. The van der Waals surface area contributed by atoms with E-state index < -0.39 is 33.4 Å². The number of aliphatic hydroxyl groups is 1. The predicted octanol–water partition coefficient (Wildman–Crippen LogP) is 1.18. The van der Waals surface area contributed by atoms with Crippen molar-refractivity contribution in [1.29, 1.82) is 0 Å². The number of halogens is 3. The van der Waals surface area contributed by atoms with Crippen LogP contribution in [0.5, 0.6) is 0 Å². The molecule has 3 heterocycles. The van der Waals surface area contributed by atoms with Gasteiger partial charge in [-0.3, -0.25) is 0 Å². The maximum absolute atomic E-state index is 13.4. The summed E-state index contributed by atoms with van der Waals surface area (Å²) in [4.78, 5) is 11.3. The molecule has 1 N–H and O–H groups in total. The molecule has 11 heteroatoms. The van der Waals surface area contributed by atoms with Gasteiger partial charge < -0.3 is 14.9 Å². The van der Waals surface area contributed by atoms with Crippen LogP contribution in [0.2, 0.25) is 0 Å². The summed E-state index contributed by atoms with van der Waals surface area (Å²) in [6, 6.07) is 0.553. The van der Waals surface area contributed by atoms with Gasteiger partial charge in [0, 0.05) is 25.4 Å². The fourth-order valence-electron chi connectivity index (χ4n) is 4.37. The van der Waals surface area contributed by atoms with E-state index in [0.717, 1.165) is 6.07 Å². The largest absolute Gasteiger partial charge is 0.433 e. The molecule has 0 amide bonds. The molecule has 1 aromatic rings. The zero-order valence-electron chi connectivity index (χ0n) is 15.8. The highest BCUT2D eigenvalue weighted by molar-refractivity contribution is 7.90. The number of aromatic nitrogens is 2. The molecule has 1 aliphatic carbocycles. The van der Waals surface area contributed by atoms with E-state index in [1.54, 1.807) is 23.6 Å². The lowest BCUT2D eigenvalue weighted by molar-refractivity contribution is -0.141. The predicted molar refractivity (Wildman–Crippen MR) is 96.9 cm³/mol. The van der Waals surface area contributed by atoms with Gasteiger partial charge in [0.1, 0.15) is 15.7 Å². The number of piperidine rings is 1. The lowest BCUT2D eigenvalue weighted by atomic mass is 9.87. The van der Waals surface area contributed by atoms with E-state index in [9.17, 15) is 26.7 Å². The zero-order chi connectivity index (χ0) is 20.6. The maximum Gasteiger partial charge on any atom is 0.433 e. The topological polar surface area (TPSA) is 86.6 Å². The Kier molecular flexibility index (Phi) is 4.18. The zero-order valence-corrected chi connectivity index (χ0v) is 16.6. The Morgan fingerprint density at radius 1 is 1.29 bits per heavy atom. The Hall–Kier alpha value is -1.62. The molecule has 28 heavy (non-hydrogen) atoms. The third-order valence-corrected chi connectivity index (χ3v) is 7.29. The van der Waals surface area contributed by atoms with Gasteiger partial charge in [-0.1, -0.05) is 0 Å². The fourth-order valence-corrected chi connectivity index (χ4v) is 5.57. The minimum atomic E-state index is -4.61. The van der Waals surface area contributed by atoms with Crippen LogP contribution in [0, 0.1) is 17.8 Å². The smallest absolute Gasteiger partial charge is 0.386 e. The Morgan fingerprint density at radius 3 is 2.36 bits per heavy atom. The number of rotatable bonds is 4. The van der Waals surface area contributed by atoms with E-state index in [2.05, 4.69) is 9.97 Å². The molecular weight excluding hydrogens is 397 g/mol. The van der Waals surface area contributed by atoms with Crippen LogP contribution in [0.1, 0.15) is 19.5 Å². The third kappa shape index (κ3) is 3.42. The summed E-state index contributed by atoms with van der Waals surface area (Å²) in [6.45, 7) is 4.49. The Bertz CT molecular complexity index is 893. The SMILES string of the molecule is CC1N(c2nc(N3CC4C(C3)C4CS(C)(=O)=O)cc(C(F)(F)F)n2)CC1(C)O. The standard InChI is InChI=1S/C17H23F3N4O3S/c1-9-16(2,25)8-24(9)15-21-13(17(18,19)20)4-14(22-15)23-5-10-11(6-23)12(10)7-28(3,26)27/h4,9-12,25H,5-8H2,1-3H3. The second-order valence-electron chi connectivity index (χ2n) is 8.56. The van der Waals surface area contributed by atoms with Crippen molar-refractivity contribution in [3.63, 3.8) is 0 Å². The summed E-state index contributed by atoms with van der Waals surface area (Å²) in [7, 11) is -3.07. The normalized spacial score (nSPS) is 35.0. The van der Waals surface area contributed by atoms with Crippen molar-refractivity contribution in [2.24, 2.45) is 17.8 Å². The van der Waals surface area contributed by atoms with Crippen LogP contribution in [0.15, 0.2) is 6.07 Å². The number of anilines is 2. The summed E-state index contributed by atoms with van der Waals surface area (Å²) in [5.74, 6) is 0.704. The van der Waals surface area contributed by atoms with Crippen molar-refractivity contribution in [2.75, 3.05) is 41.4 Å². The molecule has 1 saturated carbocycles. The van der Waals surface area contributed by atoms with Crippen molar-refractivity contribution in [2.45, 2.75) is 31.7 Å². The number of hydrogen-bond acceptors (Lipinski definition) is 7. The average molecular weight is 420 g/mol. The molecule has 4 atom stereocenters. The minimum absolute atomic E-state index is 0.0443. The second kappa shape index (κ2) is 5.94. The van der Waals surface area contributed by atoms with Gasteiger partial charge in [-0.15, -0.1) is 0 Å². The number of hydrogen-bond donors (Lipinski definition) is 1. The second-order valence-corrected chi connectivity index (χ2v) is 10.7. The van der Waals surface area contributed by atoms with Gasteiger partial charge in [0.05, 0.1) is 23.9 Å². The molecule has 0 bridgehead atoms. The molecule has 0 spiro atoms. The van der Waals surface area contributed by atoms with Crippen molar-refractivity contribution >= 4 is 21.6 Å². The monoisotopic (exact) mass is 420 g/mol. The van der Waals surface area contributed by atoms with Gasteiger partial charge in [-0.25, -0.2) is 13.4 Å². The van der Waals surface area contributed by atoms with Gasteiger partial charge in [-0.05, 0) is 31.6 Å². The van der Waals surface area contributed by atoms with Gasteiger partial charge in [0.2, 0.25) is 5.95 Å². The Balaban J connectivity index is 1.56. The molecule has 4 unspecified atom stereocenters. The number of nitrogens with zero attached hydrogens (tertiary/aromatic N) is 4.